The molecular weight excluding hydrogens is 344 g/mol. The Hall–Kier alpha value is -2.18. The Bertz CT molecular complexity index is 725. The fourth-order valence-electron chi connectivity index (χ4n) is 5.34. The number of hydrogen-bond donors (Lipinski definition) is 0. The lowest BCUT2D eigenvalue weighted by atomic mass is 9.71. The van der Waals surface area contributed by atoms with Crippen molar-refractivity contribution in [2.24, 2.45) is 11.8 Å². The number of ether oxygens (including phenoxy) is 1. The van der Waals surface area contributed by atoms with Crippen molar-refractivity contribution in [3.05, 3.63) is 18.1 Å². The summed E-state index contributed by atoms with van der Waals surface area (Å²) in [6.07, 6.45) is 9.30. The minimum atomic E-state index is -0.463. The predicted molar refractivity (Wildman–Crippen MR) is 100 cm³/mol. The summed E-state index contributed by atoms with van der Waals surface area (Å²) in [6, 6.07) is 0.669. The summed E-state index contributed by atoms with van der Waals surface area (Å²) in [7, 11) is 1.35. The maximum Gasteiger partial charge on any atom is 0.358 e. The summed E-state index contributed by atoms with van der Waals surface area (Å²) in [5.41, 5.74) is 0.241. The van der Waals surface area contributed by atoms with Gasteiger partial charge in [0, 0.05) is 31.6 Å². The molecule has 0 unspecified atom stereocenters. The standard InChI is InChI=1S/C20H28N4O3/c1-3-5-16-13-8-14(17-6-4-7-19(25)24(16)17)12-23(11-13)18-10-21-9-15(22-18)20(26)27-2/h9-10,13-14,16-17H,3-8,11-12H2,1-2H3/t13-,14+,16-,17-/m0/s1. The van der Waals surface area contributed by atoms with Gasteiger partial charge in [0.1, 0.15) is 5.82 Å². The monoisotopic (exact) mass is 372 g/mol. The summed E-state index contributed by atoms with van der Waals surface area (Å²) in [6.45, 7) is 3.92. The largest absolute Gasteiger partial charge is 0.464 e. The number of hydrogen-bond acceptors (Lipinski definition) is 6. The third-order valence-corrected chi connectivity index (χ3v) is 6.42. The van der Waals surface area contributed by atoms with Crippen molar-refractivity contribution in [2.45, 2.75) is 57.5 Å². The van der Waals surface area contributed by atoms with Crippen LogP contribution >= 0.6 is 0 Å². The van der Waals surface area contributed by atoms with Gasteiger partial charge in [-0.1, -0.05) is 13.3 Å². The predicted octanol–water partition coefficient (Wildman–Crippen LogP) is 2.27. The Morgan fingerprint density at radius 3 is 2.89 bits per heavy atom. The van der Waals surface area contributed by atoms with Gasteiger partial charge in [-0.3, -0.25) is 9.78 Å². The number of fused-ring (bicyclic) bond motifs is 4. The van der Waals surface area contributed by atoms with Crippen LogP contribution in [0.25, 0.3) is 0 Å². The third-order valence-electron chi connectivity index (χ3n) is 6.42. The fraction of sp³-hybridized carbons (Fsp3) is 0.700. The number of anilines is 1. The molecule has 3 saturated heterocycles. The minimum absolute atomic E-state index is 0.241. The SMILES string of the molecule is CCC[C@H]1[C@H]2C[C@H](CN(c3cncc(C(=O)OC)n3)C2)[C@@H]2CCCC(=O)N21. The van der Waals surface area contributed by atoms with E-state index in [0.29, 0.717) is 36.2 Å². The number of carbonyl (C=O) groups excluding carboxylic acids is 2. The maximum absolute atomic E-state index is 12.7. The molecule has 2 bridgehead atoms. The Morgan fingerprint density at radius 1 is 1.30 bits per heavy atom. The van der Waals surface area contributed by atoms with Crippen LogP contribution in [-0.2, 0) is 9.53 Å². The van der Waals surface area contributed by atoms with Crippen LogP contribution in [0, 0.1) is 11.8 Å². The normalized spacial score (nSPS) is 30.1. The molecule has 1 aromatic rings. The molecular formula is C20H28N4O3. The minimum Gasteiger partial charge on any atom is -0.464 e. The molecule has 0 N–H and O–H groups in total. The lowest BCUT2D eigenvalue weighted by Crippen LogP contribution is -2.65. The fourth-order valence-corrected chi connectivity index (χ4v) is 5.34. The molecule has 1 aromatic heterocycles. The van der Waals surface area contributed by atoms with E-state index < -0.39 is 5.97 Å². The molecule has 4 heterocycles. The second-order valence-electron chi connectivity index (χ2n) is 8.03. The quantitative estimate of drug-likeness (QED) is 0.755. The Labute approximate surface area is 160 Å². The van der Waals surface area contributed by atoms with Crippen molar-refractivity contribution in [3.63, 3.8) is 0 Å². The first kappa shape index (κ1) is 18.2. The van der Waals surface area contributed by atoms with E-state index in [9.17, 15) is 9.59 Å². The molecule has 1 amide bonds. The van der Waals surface area contributed by atoms with Gasteiger partial charge in [-0.25, -0.2) is 9.78 Å². The Morgan fingerprint density at radius 2 is 2.11 bits per heavy atom. The Balaban J connectivity index is 1.61. The topological polar surface area (TPSA) is 75.6 Å². The van der Waals surface area contributed by atoms with Crippen LogP contribution in [0.2, 0.25) is 0 Å². The number of aromatic nitrogens is 2. The van der Waals surface area contributed by atoms with Gasteiger partial charge in [0.2, 0.25) is 5.91 Å². The molecule has 0 radical (unpaired) electrons. The van der Waals surface area contributed by atoms with Crippen molar-refractivity contribution in [2.75, 3.05) is 25.1 Å². The van der Waals surface area contributed by atoms with Gasteiger partial charge >= 0.3 is 5.97 Å². The van der Waals surface area contributed by atoms with E-state index in [-0.39, 0.29) is 5.69 Å². The first-order valence-electron chi connectivity index (χ1n) is 10.1. The molecule has 3 aliphatic heterocycles. The molecule has 3 fully saturated rings. The van der Waals surface area contributed by atoms with E-state index in [0.717, 1.165) is 44.6 Å². The lowest BCUT2D eigenvalue weighted by Gasteiger charge is -2.57. The highest BCUT2D eigenvalue weighted by molar-refractivity contribution is 5.87. The number of carbonyl (C=O) groups is 2. The molecule has 4 atom stereocenters. The summed E-state index contributed by atoms with van der Waals surface area (Å²) >= 11 is 0. The van der Waals surface area contributed by atoms with Crippen molar-refractivity contribution in [1.82, 2.24) is 14.9 Å². The van der Waals surface area contributed by atoms with Crippen molar-refractivity contribution in [3.8, 4) is 0 Å². The first-order valence-corrected chi connectivity index (χ1v) is 10.1. The molecule has 4 rings (SSSR count). The highest BCUT2D eigenvalue weighted by Gasteiger charge is 2.49. The van der Waals surface area contributed by atoms with E-state index >= 15 is 0 Å². The van der Waals surface area contributed by atoms with Gasteiger partial charge < -0.3 is 14.5 Å². The highest BCUT2D eigenvalue weighted by Crippen LogP contribution is 2.43. The van der Waals surface area contributed by atoms with Crippen LogP contribution in [-0.4, -0.2) is 59.0 Å². The number of piperidine rings is 3. The number of nitrogens with zero attached hydrogens (tertiary/aromatic N) is 4. The van der Waals surface area contributed by atoms with Crippen LogP contribution in [0.3, 0.4) is 0 Å². The zero-order valence-corrected chi connectivity index (χ0v) is 16.1. The second-order valence-corrected chi connectivity index (χ2v) is 8.03. The smallest absolute Gasteiger partial charge is 0.358 e. The molecule has 27 heavy (non-hydrogen) atoms. The first-order chi connectivity index (χ1) is 13.1. The van der Waals surface area contributed by atoms with E-state index in [1.807, 2.05) is 0 Å². The molecule has 146 valence electrons. The molecule has 3 aliphatic rings. The lowest BCUT2D eigenvalue weighted by molar-refractivity contribution is -0.149. The summed E-state index contributed by atoms with van der Waals surface area (Å²) < 4.78 is 4.78. The van der Waals surface area contributed by atoms with Crippen LogP contribution in [0.15, 0.2) is 12.4 Å². The van der Waals surface area contributed by atoms with Gasteiger partial charge in [0.05, 0.1) is 19.5 Å². The number of amides is 1. The summed E-state index contributed by atoms with van der Waals surface area (Å²) in [4.78, 5) is 37.7. The summed E-state index contributed by atoms with van der Waals surface area (Å²) in [5.74, 6) is 1.53. The zero-order valence-electron chi connectivity index (χ0n) is 16.1. The van der Waals surface area contributed by atoms with Crippen LogP contribution < -0.4 is 4.90 Å². The maximum atomic E-state index is 12.7. The average Bonchev–Trinajstić information content (AvgIpc) is 2.70. The number of rotatable bonds is 4. The van der Waals surface area contributed by atoms with E-state index in [1.54, 1.807) is 6.20 Å². The number of methoxy groups -OCH3 is 1. The van der Waals surface area contributed by atoms with E-state index in [4.69, 9.17) is 4.74 Å². The third kappa shape index (κ3) is 3.28. The average molecular weight is 372 g/mol. The zero-order chi connectivity index (χ0) is 19.0. The molecule has 7 heteroatoms. The molecule has 0 spiro atoms. The molecule has 7 nitrogen and oxygen atoms in total. The van der Waals surface area contributed by atoms with E-state index in [1.165, 1.54) is 19.7 Å². The van der Waals surface area contributed by atoms with Gasteiger partial charge in [-0.2, -0.15) is 0 Å². The van der Waals surface area contributed by atoms with Crippen molar-refractivity contribution < 1.29 is 14.3 Å². The second kappa shape index (κ2) is 7.44. The van der Waals surface area contributed by atoms with Gasteiger partial charge in [0.25, 0.3) is 0 Å². The highest BCUT2D eigenvalue weighted by atomic mass is 16.5. The summed E-state index contributed by atoms with van der Waals surface area (Å²) in [5, 5.41) is 0. The van der Waals surface area contributed by atoms with E-state index in [2.05, 4.69) is 26.7 Å². The molecule has 0 aromatic carbocycles. The van der Waals surface area contributed by atoms with Gasteiger partial charge in [0.15, 0.2) is 5.69 Å². The van der Waals surface area contributed by atoms with Crippen molar-refractivity contribution >= 4 is 17.7 Å². The molecule has 0 saturated carbocycles. The van der Waals surface area contributed by atoms with Gasteiger partial charge in [-0.05, 0) is 37.5 Å². The van der Waals surface area contributed by atoms with Crippen LogP contribution in [0.4, 0.5) is 5.82 Å². The van der Waals surface area contributed by atoms with Crippen LogP contribution in [0.5, 0.6) is 0 Å². The van der Waals surface area contributed by atoms with Gasteiger partial charge in [-0.15, -0.1) is 0 Å². The molecule has 0 aliphatic carbocycles. The number of esters is 1. The Kier molecular flexibility index (Phi) is 5.02. The van der Waals surface area contributed by atoms with Crippen molar-refractivity contribution in [1.29, 1.82) is 0 Å². The van der Waals surface area contributed by atoms with Crippen LogP contribution in [0.1, 0.15) is 55.9 Å².